The minimum absolute atomic E-state index is 0.0552. The van der Waals surface area contributed by atoms with Gasteiger partial charge >= 0.3 is 0 Å². The van der Waals surface area contributed by atoms with E-state index in [0.717, 1.165) is 11.8 Å². The van der Waals surface area contributed by atoms with E-state index in [9.17, 15) is 14.4 Å². The highest BCUT2D eigenvalue weighted by Crippen LogP contribution is 2.08. The van der Waals surface area contributed by atoms with Crippen molar-refractivity contribution in [3.8, 4) is 0 Å². The molecule has 0 atom stereocenters. The lowest BCUT2D eigenvalue weighted by Gasteiger charge is -2.04. The molecule has 0 spiro atoms. The molecule has 0 saturated carbocycles. The van der Waals surface area contributed by atoms with Crippen LogP contribution in [0.25, 0.3) is 0 Å². The van der Waals surface area contributed by atoms with Gasteiger partial charge in [-0.15, -0.1) is 11.8 Å². The van der Waals surface area contributed by atoms with Gasteiger partial charge in [-0.1, -0.05) is 5.16 Å². The first-order chi connectivity index (χ1) is 10.5. The maximum atomic E-state index is 11.7. The lowest BCUT2D eigenvalue weighted by atomic mass is 10.4. The van der Waals surface area contributed by atoms with Crippen molar-refractivity contribution in [2.45, 2.75) is 6.92 Å². The first-order valence-electron chi connectivity index (χ1n) is 6.32. The summed E-state index contributed by atoms with van der Waals surface area (Å²) in [6, 6.07) is 2.91. The van der Waals surface area contributed by atoms with E-state index < -0.39 is 0 Å². The number of pyridine rings is 1. The number of hydrogen-bond donors (Lipinski definition) is 3. The molecule has 2 aromatic heterocycles. The molecule has 0 bridgehead atoms. The van der Waals surface area contributed by atoms with E-state index in [4.69, 9.17) is 4.52 Å². The fourth-order valence-electron chi connectivity index (χ4n) is 1.54. The number of H-pyrrole nitrogens is 1. The Kier molecular flexibility index (Phi) is 5.37. The summed E-state index contributed by atoms with van der Waals surface area (Å²) < 4.78 is 4.82. The first kappa shape index (κ1) is 15.8. The largest absolute Gasteiger partial charge is 0.366 e. The smallest absolute Gasteiger partial charge is 0.235 e. The summed E-state index contributed by atoms with van der Waals surface area (Å²) in [5, 5.41) is 8.65. The first-order valence-corrected chi connectivity index (χ1v) is 7.48. The zero-order valence-electron chi connectivity index (χ0n) is 11.7. The van der Waals surface area contributed by atoms with Gasteiger partial charge in [0, 0.05) is 24.5 Å². The third kappa shape index (κ3) is 4.77. The summed E-state index contributed by atoms with van der Waals surface area (Å²) in [4.78, 5) is 37.4. The van der Waals surface area contributed by atoms with Gasteiger partial charge in [0.2, 0.25) is 17.2 Å². The predicted molar refractivity (Wildman–Crippen MR) is 82.9 cm³/mol. The minimum Gasteiger partial charge on any atom is -0.366 e. The molecule has 0 unspecified atom stereocenters. The molecule has 0 fully saturated rings. The molecule has 3 N–H and O–H groups in total. The number of thioether (sulfide) groups is 1. The second-order valence-electron chi connectivity index (χ2n) is 4.33. The lowest BCUT2D eigenvalue weighted by molar-refractivity contribution is -0.114. The molecule has 2 heterocycles. The van der Waals surface area contributed by atoms with Crippen molar-refractivity contribution < 1.29 is 14.1 Å². The van der Waals surface area contributed by atoms with E-state index in [2.05, 4.69) is 20.8 Å². The van der Waals surface area contributed by atoms with Gasteiger partial charge in [0.15, 0.2) is 5.82 Å². The number of nitrogens with zero attached hydrogens (tertiary/aromatic N) is 1. The second-order valence-corrected chi connectivity index (χ2v) is 5.32. The van der Waals surface area contributed by atoms with Gasteiger partial charge in [-0.05, 0) is 6.92 Å². The minimum atomic E-state index is -0.355. The molecule has 8 nitrogen and oxygen atoms in total. The van der Waals surface area contributed by atoms with Gasteiger partial charge in [-0.3, -0.25) is 14.4 Å². The summed E-state index contributed by atoms with van der Waals surface area (Å²) in [7, 11) is 0. The molecule has 0 saturated heterocycles. The van der Waals surface area contributed by atoms with Crippen LogP contribution in [0.1, 0.15) is 5.76 Å². The van der Waals surface area contributed by atoms with Gasteiger partial charge in [-0.2, -0.15) is 0 Å². The highest BCUT2D eigenvalue weighted by Gasteiger charge is 2.09. The van der Waals surface area contributed by atoms with E-state index in [0.29, 0.717) is 11.6 Å². The molecule has 0 aliphatic heterocycles. The van der Waals surface area contributed by atoms with Crippen molar-refractivity contribution in [3.05, 3.63) is 40.5 Å². The molecule has 0 aromatic carbocycles. The van der Waals surface area contributed by atoms with Gasteiger partial charge in [0.25, 0.3) is 0 Å². The van der Waals surface area contributed by atoms with Crippen LogP contribution in [0.3, 0.4) is 0 Å². The number of rotatable bonds is 6. The topological polar surface area (TPSA) is 117 Å². The highest BCUT2D eigenvalue weighted by molar-refractivity contribution is 8.00. The molecule has 116 valence electrons. The van der Waals surface area contributed by atoms with Crippen LogP contribution in [-0.4, -0.2) is 33.5 Å². The van der Waals surface area contributed by atoms with Crippen LogP contribution in [0.15, 0.2) is 33.8 Å². The molecule has 22 heavy (non-hydrogen) atoms. The molecule has 0 aliphatic rings. The molecule has 0 aliphatic carbocycles. The van der Waals surface area contributed by atoms with Crippen LogP contribution in [0.5, 0.6) is 0 Å². The third-order valence-corrected chi connectivity index (χ3v) is 3.39. The fourth-order valence-corrected chi connectivity index (χ4v) is 2.16. The normalized spacial score (nSPS) is 10.2. The van der Waals surface area contributed by atoms with Gasteiger partial charge < -0.3 is 20.1 Å². The lowest BCUT2D eigenvalue weighted by Crippen LogP contribution is -2.21. The van der Waals surface area contributed by atoms with Crippen LogP contribution in [0.2, 0.25) is 0 Å². The Hall–Kier alpha value is -2.55. The van der Waals surface area contributed by atoms with Gasteiger partial charge in [-0.25, -0.2) is 0 Å². The third-order valence-electron chi connectivity index (χ3n) is 2.46. The summed E-state index contributed by atoms with van der Waals surface area (Å²) in [6.07, 6.45) is 2.88. The van der Waals surface area contributed by atoms with E-state index in [1.54, 1.807) is 13.0 Å². The number of anilines is 2. The molecule has 2 amide bonds. The molecular formula is C13H14N4O4S. The van der Waals surface area contributed by atoms with E-state index in [-0.39, 0.29) is 34.4 Å². The average Bonchev–Trinajstić information content (AvgIpc) is 2.86. The Balaban J connectivity index is 1.72. The van der Waals surface area contributed by atoms with Gasteiger partial charge in [0.1, 0.15) is 11.4 Å². The van der Waals surface area contributed by atoms with Crippen molar-refractivity contribution in [1.29, 1.82) is 0 Å². The zero-order chi connectivity index (χ0) is 15.9. The Morgan fingerprint density at radius 2 is 2.05 bits per heavy atom. The van der Waals surface area contributed by atoms with Crippen LogP contribution in [0, 0.1) is 6.92 Å². The number of aromatic amines is 1. The summed E-state index contributed by atoms with van der Waals surface area (Å²) >= 11 is 1.13. The Labute approximate surface area is 129 Å². The van der Waals surface area contributed by atoms with E-state index >= 15 is 0 Å². The maximum Gasteiger partial charge on any atom is 0.235 e. The maximum absolute atomic E-state index is 11.7. The Bertz CT molecular complexity index is 725. The van der Waals surface area contributed by atoms with Crippen LogP contribution in [0.4, 0.5) is 11.5 Å². The number of aryl methyl sites for hydroxylation is 1. The van der Waals surface area contributed by atoms with E-state index in [1.165, 1.54) is 18.5 Å². The molecule has 0 radical (unpaired) electrons. The number of amides is 2. The van der Waals surface area contributed by atoms with Crippen LogP contribution < -0.4 is 16.1 Å². The number of aromatic nitrogens is 2. The molecular weight excluding hydrogens is 308 g/mol. The predicted octanol–water partition coefficient (Wildman–Crippen LogP) is 0.982. The van der Waals surface area contributed by atoms with Crippen molar-refractivity contribution in [2.24, 2.45) is 0 Å². The van der Waals surface area contributed by atoms with Crippen LogP contribution >= 0.6 is 11.8 Å². The summed E-state index contributed by atoms with van der Waals surface area (Å²) in [5.74, 6) is 0.429. The highest BCUT2D eigenvalue weighted by atomic mass is 32.2. The number of hydrogen-bond acceptors (Lipinski definition) is 6. The zero-order valence-corrected chi connectivity index (χ0v) is 12.5. The van der Waals surface area contributed by atoms with Crippen molar-refractivity contribution in [2.75, 3.05) is 22.1 Å². The standard InChI is InChI=1S/C13H14N4O4S/c1-8-4-11(17-21-8)16-13(20)7-22-6-12(19)15-9-5-14-3-2-10(9)18/h2-5H,6-7H2,1H3,(H,14,18)(H,15,19)(H,16,17,20). The summed E-state index contributed by atoms with van der Waals surface area (Å²) in [6.45, 7) is 1.72. The fraction of sp³-hybridized carbons (Fsp3) is 0.231. The van der Waals surface area contributed by atoms with Crippen LogP contribution in [-0.2, 0) is 9.59 Å². The Morgan fingerprint density at radius 1 is 1.32 bits per heavy atom. The quantitative estimate of drug-likeness (QED) is 0.730. The van der Waals surface area contributed by atoms with E-state index in [1.807, 2.05) is 0 Å². The number of nitrogens with one attached hydrogen (secondary N) is 3. The summed E-state index contributed by atoms with van der Waals surface area (Å²) in [5.41, 5.74) is -0.105. The van der Waals surface area contributed by atoms with Crippen molar-refractivity contribution >= 4 is 35.1 Å². The molecule has 2 aromatic rings. The van der Waals surface area contributed by atoms with Crippen molar-refractivity contribution in [1.82, 2.24) is 10.1 Å². The second kappa shape index (κ2) is 7.46. The average molecular weight is 322 g/mol. The van der Waals surface area contributed by atoms with Crippen molar-refractivity contribution in [3.63, 3.8) is 0 Å². The molecule has 2 rings (SSSR count). The number of carbonyl (C=O) groups is 2. The molecule has 9 heteroatoms. The SMILES string of the molecule is Cc1cc(NC(=O)CSCC(=O)Nc2c[nH]ccc2=O)no1. The number of carbonyl (C=O) groups excluding carboxylic acids is 2. The van der Waals surface area contributed by atoms with Gasteiger partial charge in [0.05, 0.1) is 11.5 Å². The Morgan fingerprint density at radius 3 is 2.68 bits per heavy atom. The monoisotopic (exact) mass is 322 g/mol.